The molecule has 0 saturated heterocycles. The zero-order valence-electron chi connectivity index (χ0n) is 17.4. The average molecular weight is 481 g/mol. The van der Waals surface area contributed by atoms with Gasteiger partial charge in [-0.05, 0) is 35.4 Å². The molecule has 5 rings (SSSR count). The molecule has 160 valence electrons. The minimum Gasteiger partial charge on any atom is -1.00 e. The first-order chi connectivity index (χ1) is 14.7. The highest BCUT2D eigenvalue weighted by molar-refractivity contribution is 5.98. The molecule has 1 unspecified atom stereocenters. The molecular weight excluding hydrogens is 456 g/mol. The van der Waals surface area contributed by atoms with Gasteiger partial charge in [-0.15, -0.1) is 0 Å². The molecule has 31 heavy (non-hydrogen) atoms. The summed E-state index contributed by atoms with van der Waals surface area (Å²) in [4.78, 5) is 2.00. The van der Waals surface area contributed by atoms with Crippen molar-refractivity contribution in [2.24, 2.45) is 0 Å². The predicted octanol–water partition coefficient (Wildman–Crippen LogP) is 0.473. The van der Waals surface area contributed by atoms with E-state index in [2.05, 4.69) is 28.8 Å². The number of benzene rings is 3. The van der Waals surface area contributed by atoms with Crippen molar-refractivity contribution >= 4 is 11.5 Å². The molecule has 1 atom stereocenters. The smallest absolute Gasteiger partial charge is 0.281 e. The number of hydrogen-bond donors (Lipinski definition) is 1. The Balaban J connectivity index is 0.00000231. The normalized spacial score (nSPS) is 20.3. The summed E-state index contributed by atoms with van der Waals surface area (Å²) in [5.41, 5.74) is 2.89. The van der Waals surface area contributed by atoms with Gasteiger partial charge in [0.1, 0.15) is 24.6 Å². The molecule has 0 spiro atoms. The minimum atomic E-state index is -1.17. The van der Waals surface area contributed by atoms with Crippen LogP contribution in [-0.2, 0) is 10.5 Å². The van der Waals surface area contributed by atoms with Crippen LogP contribution in [0.5, 0.6) is 5.75 Å². The molecule has 1 N–H and O–H groups in total. The maximum Gasteiger partial charge on any atom is 0.281 e. The van der Waals surface area contributed by atoms with Crippen LogP contribution in [0.3, 0.4) is 0 Å². The topological polar surface area (TPSA) is 44.9 Å². The molecule has 0 bridgehead atoms. The van der Waals surface area contributed by atoms with Crippen LogP contribution in [0.1, 0.15) is 5.56 Å². The predicted molar refractivity (Wildman–Crippen MR) is 117 cm³/mol. The SMILES string of the molecule is COc1ccc(N2C3=[N+](CCOC3)CC2(O)c2ccc(-c3ccccc3)cc2)cc1.[Br-]. The van der Waals surface area contributed by atoms with Gasteiger partial charge in [-0.25, -0.2) is 0 Å². The van der Waals surface area contributed by atoms with E-state index in [9.17, 15) is 5.11 Å². The van der Waals surface area contributed by atoms with Crippen molar-refractivity contribution in [3.63, 3.8) is 0 Å². The van der Waals surface area contributed by atoms with Crippen LogP contribution in [0.4, 0.5) is 5.69 Å². The fraction of sp³-hybridized carbons (Fsp3) is 0.240. The Labute approximate surface area is 192 Å². The molecular formula is C25H25BrN2O3. The first-order valence-electron chi connectivity index (χ1n) is 10.2. The fourth-order valence-electron chi connectivity index (χ4n) is 4.36. The second-order valence-electron chi connectivity index (χ2n) is 7.68. The van der Waals surface area contributed by atoms with Gasteiger partial charge in [0.15, 0.2) is 6.54 Å². The molecule has 2 aliphatic heterocycles. The monoisotopic (exact) mass is 480 g/mol. The standard InChI is InChI=1S/C25H25N2O3.BrH/c1-29-23-13-11-22(12-14-23)27-24-17-30-16-15-26(24)18-25(27,28)21-9-7-20(8-10-21)19-5-3-2-4-6-19;/h2-14,28H,15-18H2,1H3;1H/q+1;/p-1. The van der Waals surface area contributed by atoms with Crippen LogP contribution in [0, 0.1) is 0 Å². The van der Waals surface area contributed by atoms with E-state index < -0.39 is 5.72 Å². The molecule has 5 nitrogen and oxygen atoms in total. The lowest BCUT2D eigenvalue weighted by Crippen LogP contribution is -3.00. The van der Waals surface area contributed by atoms with Crippen LogP contribution in [0.15, 0.2) is 78.9 Å². The van der Waals surface area contributed by atoms with Crippen LogP contribution < -0.4 is 26.6 Å². The van der Waals surface area contributed by atoms with E-state index in [0.717, 1.165) is 40.5 Å². The van der Waals surface area contributed by atoms with Gasteiger partial charge in [-0.3, -0.25) is 4.58 Å². The zero-order chi connectivity index (χ0) is 20.6. The summed E-state index contributed by atoms with van der Waals surface area (Å²) in [5.74, 6) is 1.77. The van der Waals surface area contributed by atoms with Crippen molar-refractivity contribution in [2.75, 3.05) is 38.3 Å². The summed E-state index contributed by atoms with van der Waals surface area (Å²) in [6.07, 6.45) is 0. The molecule has 3 aromatic carbocycles. The molecule has 0 saturated carbocycles. The first-order valence-corrected chi connectivity index (χ1v) is 10.2. The molecule has 0 aliphatic carbocycles. The lowest BCUT2D eigenvalue weighted by Gasteiger charge is -2.29. The Morgan fingerprint density at radius 3 is 2.29 bits per heavy atom. The largest absolute Gasteiger partial charge is 1.00 e. The van der Waals surface area contributed by atoms with Gasteiger partial charge in [0.2, 0.25) is 0 Å². The summed E-state index contributed by atoms with van der Waals surface area (Å²) >= 11 is 0. The van der Waals surface area contributed by atoms with E-state index in [1.807, 2.05) is 59.5 Å². The number of amidine groups is 1. The number of hydrogen-bond acceptors (Lipinski definition) is 4. The molecule has 0 radical (unpaired) electrons. The van der Waals surface area contributed by atoms with Gasteiger partial charge >= 0.3 is 0 Å². The Bertz CT molecular complexity index is 1070. The third-order valence-electron chi connectivity index (χ3n) is 5.93. The van der Waals surface area contributed by atoms with Crippen molar-refractivity contribution in [1.82, 2.24) is 0 Å². The van der Waals surface area contributed by atoms with Crippen molar-refractivity contribution in [1.29, 1.82) is 0 Å². The van der Waals surface area contributed by atoms with Crippen molar-refractivity contribution < 1.29 is 36.1 Å². The summed E-state index contributed by atoms with van der Waals surface area (Å²) in [6, 6.07) is 26.3. The third-order valence-corrected chi connectivity index (χ3v) is 5.93. The minimum absolute atomic E-state index is 0. The van der Waals surface area contributed by atoms with Gasteiger partial charge < -0.3 is 31.6 Å². The van der Waals surface area contributed by atoms with E-state index in [-0.39, 0.29) is 17.0 Å². The Morgan fingerprint density at radius 2 is 1.61 bits per heavy atom. The third kappa shape index (κ3) is 3.87. The Hall–Kier alpha value is -2.67. The van der Waals surface area contributed by atoms with E-state index >= 15 is 0 Å². The van der Waals surface area contributed by atoms with Crippen LogP contribution >= 0.6 is 0 Å². The number of nitrogens with zero attached hydrogens (tertiary/aromatic N) is 2. The van der Waals surface area contributed by atoms with Gasteiger partial charge in [0, 0.05) is 5.56 Å². The maximum absolute atomic E-state index is 12.0. The molecule has 2 aliphatic rings. The highest BCUT2D eigenvalue weighted by atomic mass is 79.9. The fourth-order valence-corrected chi connectivity index (χ4v) is 4.36. The number of halogens is 1. The highest BCUT2D eigenvalue weighted by Gasteiger charge is 2.54. The summed E-state index contributed by atoms with van der Waals surface area (Å²) in [7, 11) is 1.65. The highest BCUT2D eigenvalue weighted by Crippen LogP contribution is 2.37. The van der Waals surface area contributed by atoms with E-state index in [1.54, 1.807) is 7.11 Å². The second-order valence-corrected chi connectivity index (χ2v) is 7.68. The molecule has 0 aromatic heterocycles. The summed E-state index contributed by atoms with van der Waals surface area (Å²) in [5, 5.41) is 12.0. The number of anilines is 1. The lowest BCUT2D eigenvalue weighted by atomic mass is 9.97. The van der Waals surface area contributed by atoms with Crippen molar-refractivity contribution in [3.8, 4) is 16.9 Å². The van der Waals surface area contributed by atoms with E-state index in [1.165, 1.54) is 0 Å². The van der Waals surface area contributed by atoms with Gasteiger partial charge in [0.25, 0.3) is 11.6 Å². The molecule has 0 fully saturated rings. The van der Waals surface area contributed by atoms with Crippen LogP contribution in [0.25, 0.3) is 11.1 Å². The number of aliphatic hydroxyl groups is 1. The van der Waals surface area contributed by atoms with Gasteiger partial charge in [-0.2, -0.15) is 4.90 Å². The summed E-state index contributed by atoms with van der Waals surface area (Å²) in [6.45, 7) is 2.42. The maximum atomic E-state index is 12.0. The molecule has 0 amide bonds. The van der Waals surface area contributed by atoms with Crippen LogP contribution in [-0.4, -0.2) is 48.9 Å². The van der Waals surface area contributed by atoms with Gasteiger partial charge in [0.05, 0.1) is 13.7 Å². The first kappa shape index (κ1) is 21.6. The Kier molecular flexibility index (Phi) is 6.14. The van der Waals surface area contributed by atoms with E-state index in [0.29, 0.717) is 19.8 Å². The quantitative estimate of drug-likeness (QED) is 0.551. The summed E-state index contributed by atoms with van der Waals surface area (Å²) < 4.78 is 13.3. The zero-order valence-corrected chi connectivity index (χ0v) is 19.0. The molecule has 3 aromatic rings. The van der Waals surface area contributed by atoms with Crippen LogP contribution in [0.2, 0.25) is 0 Å². The average Bonchev–Trinajstić information content (AvgIpc) is 3.13. The molecule has 6 heteroatoms. The van der Waals surface area contributed by atoms with Crippen molar-refractivity contribution in [3.05, 3.63) is 84.4 Å². The van der Waals surface area contributed by atoms with E-state index in [4.69, 9.17) is 9.47 Å². The van der Waals surface area contributed by atoms with Crippen molar-refractivity contribution in [2.45, 2.75) is 5.72 Å². The number of rotatable bonds is 4. The lowest BCUT2D eigenvalue weighted by molar-refractivity contribution is -0.543. The number of ether oxygens (including phenoxy) is 2. The molecule has 2 heterocycles. The van der Waals surface area contributed by atoms with Gasteiger partial charge in [-0.1, -0.05) is 54.6 Å². The number of methoxy groups -OCH3 is 1. The second kappa shape index (κ2) is 8.83. The Morgan fingerprint density at radius 1 is 0.935 bits per heavy atom.